The van der Waals surface area contributed by atoms with E-state index in [1.165, 1.54) is 24.4 Å². The van der Waals surface area contributed by atoms with Crippen LogP contribution in [0.1, 0.15) is 11.3 Å². The maximum atomic E-state index is 11.9. The molecule has 0 atom stereocenters. The van der Waals surface area contributed by atoms with E-state index in [0.29, 0.717) is 0 Å². The predicted molar refractivity (Wildman–Crippen MR) is 64.5 cm³/mol. The van der Waals surface area contributed by atoms with Crippen LogP contribution in [0.2, 0.25) is 0 Å². The van der Waals surface area contributed by atoms with Crippen molar-refractivity contribution in [3.05, 3.63) is 47.8 Å². The van der Waals surface area contributed by atoms with Crippen molar-refractivity contribution in [2.75, 3.05) is 0 Å². The second-order valence-electron chi connectivity index (χ2n) is 3.68. The number of nitriles is 1. The highest BCUT2D eigenvalue weighted by molar-refractivity contribution is 7.87. The van der Waals surface area contributed by atoms with Crippen molar-refractivity contribution < 1.29 is 12.6 Å². The smallest absolute Gasteiger partial charge is 0.339 e. The van der Waals surface area contributed by atoms with Gasteiger partial charge in [-0.15, -0.1) is 0 Å². The number of nitrogens with one attached hydrogen (secondary N) is 1. The Kier molecular flexibility index (Phi) is 3.08. The summed E-state index contributed by atoms with van der Waals surface area (Å²) in [5, 5.41) is 8.76. The SMILES string of the molecule is Cc1ccc(S(=O)(=O)Oc2cc[nH]c2C#N)cc1. The van der Waals surface area contributed by atoms with Crippen LogP contribution >= 0.6 is 0 Å². The first kappa shape index (κ1) is 12.2. The number of benzene rings is 1. The van der Waals surface area contributed by atoms with Crippen LogP contribution in [0.3, 0.4) is 0 Å². The molecule has 18 heavy (non-hydrogen) atoms. The van der Waals surface area contributed by atoms with E-state index in [0.717, 1.165) is 5.56 Å². The summed E-state index contributed by atoms with van der Waals surface area (Å²) in [7, 11) is -3.90. The van der Waals surface area contributed by atoms with Crippen molar-refractivity contribution in [1.29, 1.82) is 5.26 Å². The van der Waals surface area contributed by atoms with Gasteiger partial charge >= 0.3 is 10.1 Å². The molecule has 0 aliphatic carbocycles. The standard InChI is InChI=1S/C12H10N2O3S/c1-9-2-4-10(5-3-9)18(15,16)17-12-6-7-14-11(12)8-13/h2-7,14H,1H3. The van der Waals surface area contributed by atoms with E-state index < -0.39 is 10.1 Å². The summed E-state index contributed by atoms with van der Waals surface area (Å²) in [5.74, 6) is -0.00178. The largest absolute Gasteiger partial charge is 0.376 e. The maximum absolute atomic E-state index is 11.9. The zero-order valence-electron chi connectivity index (χ0n) is 9.54. The summed E-state index contributed by atoms with van der Waals surface area (Å²) in [4.78, 5) is 2.64. The lowest BCUT2D eigenvalue weighted by Gasteiger charge is -2.05. The molecule has 0 saturated heterocycles. The second-order valence-corrected chi connectivity index (χ2v) is 5.23. The molecule has 0 radical (unpaired) electrons. The normalized spacial score (nSPS) is 10.9. The highest BCUT2D eigenvalue weighted by Gasteiger charge is 2.18. The van der Waals surface area contributed by atoms with Gasteiger partial charge in [0.25, 0.3) is 0 Å². The number of H-pyrrole nitrogens is 1. The molecule has 1 aromatic heterocycles. The summed E-state index contributed by atoms with van der Waals surface area (Å²) in [5.41, 5.74) is 1.03. The number of aryl methyl sites for hydroxylation is 1. The Hall–Kier alpha value is -2.26. The number of aromatic amines is 1. The van der Waals surface area contributed by atoms with Crippen LogP contribution in [0.25, 0.3) is 0 Å². The van der Waals surface area contributed by atoms with Gasteiger partial charge in [0.05, 0.1) is 0 Å². The molecule has 6 heteroatoms. The maximum Gasteiger partial charge on any atom is 0.339 e. The first-order valence-electron chi connectivity index (χ1n) is 5.11. The van der Waals surface area contributed by atoms with Crippen LogP contribution in [0.15, 0.2) is 41.4 Å². The highest BCUT2D eigenvalue weighted by Crippen LogP contribution is 2.21. The Morgan fingerprint density at radius 2 is 1.89 bits per heavy atom. The third kappa shape index (κ3) is 2.36. The zero-order chi connectivity index (χ0) is 13.2. The lowest BCUT2D eigenvalue weighted by Crippen LogP contribution is -2.09. The molecule has 1 N–H and O–H groups in total. The summed E-state index contributed by atoms with van der Waals surface area (Å²) in [6.45, 7) is 1.86. The molecule has 2 rings (SSSR count). The van der Waals surface area contributed by atoms with E-state index in [2.05, 4.69) is 4.98 Å². The molecule has 92 valence electrons. The fourth-order valence-electron chi connectivity index (χ4n) is 1.38. The average molecular weight is 262 g/mol. The molecule has 0 fully saturated rings. The van der Waals surface area contributed by atoms with E-state index in [-0.39, 0.29) is 16.3 Å². The molecular weight excluding hydrogens is 252 g/mol. The van der Waals surface area contributed by atoms with Gasteiger partial charge in [-0.3, -0.25) is 0 Å². The molecule has 0 spiro atoms. The molecule has 0 amide bonds. The first-order valence-corrected chi connectivity index (χ1v) is 6.52. The van der Waals surface area contributed by atoms with Gasteiger partial charge in [0.2, 0.25) is 0 Å². The molecule has 1 aromatic carbocycles. The molecule has 0 bridgehead atoms. The fraction of sp³-hybridized carbons (Fsp3) is 0.0833. The molecule has 0 aliphatic heterocycles. The Morgan fingerprint density at radius 1 is 1.22 bits per heavy atom. The molecular formula is C12H10N2O3S. The number of hydrogen-bond acceptors (Lipinski definition) is 4. The van der Waals surface area contributed by atoms with E-state index in [1.54, 1.807) is 12.1 Å². The lowest BCUT2D eigenvalue weighted by molar-refractivity contribution is 0.485. The zero-order valence-corrected chi connectivity index (χ0v) is 10.4. The third-order valence-corrected chi connectivity index (χ3v) is 3.58. The number of aromatic nitrogens is 1. The van der Waals surface area contributed by atoms with Gasteiger partial charge in [0, 0.05) is 12.3 Å². The molecule has 0 aliphatic rings. The van der Waals surface area contributed by atoms with Crippen LogP contribution < -0.4 is 4.18 Å². The number of rotatable bonds is 3. The van der Waals surface area contributed by atoms with Crippen molar-refractivity contribution in [3.8, 4) is 11.8 Å². The van der Waals surface area contributed by atoms with Crippen molar-refractivity contribution in [2.24, 2.45) is 0 Å². The van der Waals surface area contributed by atoms with Crippen LogP contribution in [-0.4, -0.2) is 13.4 Å². The molecule has 1 heterocycles. The van der Waals surface area contributed by atoms with Gasteiger partial charge in [-0.1, -0.05) is 17.7 Å². The lowest BCUT2D eigenvalue weighted by atomic mass is 10.2. The monoisotopic (exact) mass is 262 g/mol. The second kappa shape index (κ2) is 4.55. The minimum atomic E-state index is -3.90. The summed E-state index contributed by atoms with van der Waals surface area (Å²) >= 11 is 0. The summed E-state index contributed by atoms with van der Waals surface area (Å²) < 4.78 is 28.8. The van der Waals surface area contributed by atoms with Crippen LogP contribution in [-0.2, 0) is 10.1 Å². The van der Waals surface area contributed by atoms with Crippen molar-refractivity contribution in [2.45, 2.75) is 11.8 Å². The van der Waals surface area contributed by atoms with E-state index in [1.807, 2.05) is 13.0 Å². The van der Waals surface area contributed by atoms with Crippen molar-refractivity contribution in [1.82, 2.24) is 4.98 Å². The predicted octanol–water partition coefficient (Wildman–Crippen LogP) is 1.96. The topological polar surface area (TPSA) is 83.0 Å². The van der Waals surface area contributed by atoms with Crippen LogP contribution in [0.4, 0.5) is 0 Å². The number of hydrogen-bond donors (Lipinski definition) is 1. The quantitative estimate of drug-likeness (QED) is 0.857. The van der Waals surface area contributed by atoms with E-state index in [9.17, 15) is 8.42 Å². The van der Waals surface area contributed by atoms with Gasteiger partial charge in [0.15, 0.2) is 11.4 Å². The summed E-state index contributed by atoms with van der Waals surface area (Å²) in [6, 6.07) is 9.49. The van der Waals surface area contributed by atoms with Crippen LogP contribution in [0.5, 0.6) is 5.75 Å². The fourth-order valence-corrected chi connectivity index (χ4v) is 2.32. The Balaban J connectivity index is 2.34. The van der Waals surface area contributed by atoms with Gasteiger partial charge in [0.1, 0.15) is 11.0 Å². The van der Waals surface area contributed by atoms with Crippen molar-refractivity contribution >= 4 is 10.1 Å². The van der Waals surface area contributed by atoms with Gasteiger partial charge in [-0.2, -0.15) is 13.7 Å². The third-order valence-electron chi connectivity index (χ3n) is 2.33. The van der Waals surface area contributed by atoms with Crippen LogP contribution in [0, 0.1) is 18.3 Å². The minimum absolute atomic E-state index is 0.00178. The number of nitrogens with zero attached hydrogens (tertiary/aromatic N) is 1. The molecule has 2 aromatic rings. The van der Waals surface area contributed by atoms with E-state index in [4.69, 9.17) is 9.44 Å². The van der Waals surface area contributed by atoms with Gasteiger partial charge in [-0.25, -0.2) is 0 Å². The van der Waals surface area contributed by atoms with Crippen molar-refractivity contribution in [3.63, 3.8) is 0 Å². The molecule has 5 nitrogen and oxygen atoms in total. The molecule has 0 unspecified atom stereocenters. The van der Waals surface area contributed by atoms with E-state index >= 15 is 0 Å². The highest BCUT2D eigenvalue weighted by atomic mass is 32.2. The first-order chi connectivity index (χ1) is 8.53. The molecule has 0 saturated carbocycles. The Morgan fingerprint density at radius 3 is 2.50 bits per heavy atom. The summed E-state index contributed by atoms with van der Waals surface area (Å²) in [6.07, 6.45) is 1.44. The Bertz CT molecular complexity index is 694. The average Bonchev–Trinajstić information content (AvgIpc) is 2.76. The van der Waals surface area contributed by atoms with Gasteiger partial charge < -0.3 is 9.17 Å². The minimum Gasteiger partial charge on any atom is -0.376 e. The Labute approximate surface area is 105 Å². The van der Waals surface area contributed by atoms with Gasteiger partial charge in [-0.05, 0) is 19.1 Å².